The molecule has 3 aromatic carbocycles. The lowest BCUT2D eigenvalue weighted by molar-refractivity contribution is 0.344. The summed E-state index contributed by atoms with van der Waals surface area (Å²) in [5, 5.41) is 9.57. The molecule has 1 aromatic heterocycles. The molecular weight excluding hydrogens is 385 g/mol. The molecule has 0 amide bonds. The minimum absolute atomic E-state index is 0.268. The molecule has 29 heavy (non-hydrogen) atoms. The molecule has 4 rings (SSSR count). The smallest absolute Gasteiger partial charge is 0.191 e. The Bertz CT molecular complexity index is 1040. The second kappa shape index (κ2) is 9.39. The van der Waals surface area contributed by atoms with E-state index >= 15 is 0 Å². The highest BCUT2D eigenvalue weighted by Gasteiger charge is 2.15. The second-order valence-electron chi connectivity index (χ2n) is 6.39. The highest BCUT2D eigenvalue weighted by Crippen LogP contribution is 2.25. The largest absolute Gasteiger partial charge is 0.493 e. The fourth-order valence-electron chi connectivity index (χ4n) is 2.93. The number of benzene rings is 3. The molecule has 0 aliphatic rings. The summed E-state index contributed by atoms with van der Waals surface area (Å²) in [4.78, 5) is 0. The number of aromatic nitrogens is 3. The van der Waals surface area contributed by atoms with Crippen LogP contribution in [0.3, 0.4) is 0 Å². The molecule has 4 aromatic rings. The zero-order chi connectivity index (χ0) is 19.9. The van der Waals surface area contributed by atoms with E-state index in [1.165, 1.54) is 12.1 Å². The SMILES string of the molecule is Fc1ccc(-c2nnc(SCCOc3ccccc3)n2Cc2ccccc2)cc1. The Morgan fingerprint density at radius 1 is 0.828 bits per heavy atom. The Morgan fingerprint density at radius 2 is 1.52 bits per heavy atom. The molecule has 1 heterocycles. The second-order valence-corrected chi connectivity index (χ2v) is 7.46. The van der Waals surface area contributed by atoms with Crippen molar-refractivity contribution in [3.63, 3.8) is 0 Å². The normalized spacial score (nSPS) is 10.8. The maximum atomic E-state index is 13.3. The van der Waals surface area contributed by atoms with Crippen LogP contribution in [0.1, 0.15) is 5.56 Å². The molecule has 0 aliphatic heterocycles. The van der Waals surface area contributed by atoms with Gasteiger partial charge in [-0.2, -0.15) is 0 Å². The van der Waals surface area contributed by atoms with Crippen molar-refractivity contribution in [2.24, 2.45) is 0 Å². The summed E-state index contributed by atoms with van der Waals surface area (Å²) in [5.41, 5.74) is 1.99. The van der Waals surface area contributed by atoms with Gasteiger partial charge in [0.15, 0.2) is 11.0 Å². The van der Waals surface area contributed by atoms with E-state index in [0.29, 0.717) is 13.2 Å². The topological polar surface area (TPSA) is 39.9 Å². The van der Waals surface area contributed by atoms with Gasteiger partial charge in [-0.1, -0.05) is 60.3 Å². The minimum Gasteiger partial charge on any atom is -0.493 e. The summed E-state index contributed by atoms with van der Waals surface area (Å²) in [6.45, 7) is 1.21. The Labute approximate surface area is 173 Å². The summed E-state index contributed by atoms with van der Waals surface area (Å²) in [5.74, 6) is 2.05. The Balaban J connectivity index is 1.52. The Morgan fingerprint density at radius 3 is 2.24 bits per heavy atom. The van der Waals surface area contributed by atoms with Crippen molar-refractivity contribution in [2.45, 2.75) is 11.7 Å². The Kier molecular flexibility index (Phi) is 6.22. The number of para-hydroxylation sites is 1. The van der Waals surface area contributed by atoms with Crippen molar-refractivity contribution in [1.29, 1.82) is 0 Å². The number of hydrogen-bond acceptors (Lipinski definition) is 4. The third-order valence-corrected chi connectivity index (χ3v) is 5.26. The van der Waals surface area contributed by atoms with Crippen LogP contribution in [0, 0.1) is 5.82 Å². The number of halogens is 1. The van der Waals surface area contributed by atoms with E-state index in [2.05, 4.69) is 26.9 Å². The van der Waals surface area contributed by atoms with E-state index in [9.17, 15) is 4.39 Å². The van der Waals surface area contributed by atoms with Crippen LogP contribution in [0.4, 0.5) is 4.39 Å². The van der Waals surface area contributed by atoms with Gasteiger partial charge in [0, 0.05) is 11.3 Å². The standard InChI is InChI=1S/C23H20FN3OS/c24-20-13-11-19(12-14-20)22-25-26-23(27(22)17-18-7-3-1-4-8-18)29-16-15-28-21-9-5-2-6-10-21/h1-14H,15-17H2. The van der Waals surface area contributed by atoms with E-state index in [1.54, 1.807) is 23.9 Å². The molecule has 0 saturated carbocycles. The summed E-state index contributed by atoms with van der Waals surface area (Å²) < 4.78 is 21.2. The monoisotopic (exact) mass is 405 g/mol. The van der Waals surface area contributed by atoms with Gasteiger partial charge in [-0.3, -0.25) is 4.57 Å². The van der Waals surface area contributed by atoms with Crippen molar-refractivity contribution < 1.29 is 9.13 Å². The predicted octanol–water partition coefficient (Wildman–Crippen LogP) is 5.30. The van der Waals surface area contributed by atoms with Gasteiger partial charge < -0.3 is 4.74 Å². The summed E-state index contributed by atoms with van der Waals surface area (Å²) in [6, 6.07) is 26.2. The van der Waals surface area contributed by atoms with Crippen molar-refractivity contribution in [1.82, 2.24) is 14.8 Å². The first-order valence-corrected chi connectivity index (χ1v) is 10.3. The van der Waals surface area contributed by atoms with Gasteiger partial charge >= 0.3 is 0 Å². The van der Waals surface area contributed by atoms with Crippen LogP contribution >= 0.6 is 11.8 Å². The van der Waals surface area contributed by atoms with Crippen LogP contribution in [0.2, 0.25) is 0 Å². The molecule has 0 aliphatic carbocycles. The molecule has 6 heteroatoms. The van der Waals surface area contributed by atoms with Crippen molar-refractivity contribution in [3.8, 4) is 17.1 Å². The minimum atomic E-state index is -0.268. The van der Waals surface area contributed by atoms with Gasteiger partial charge in [0.05, 0.1) is 13.2 Å². The summed E-state index contributed by atoms with van der Waals surface area (Å²) >= 11 is 1.59. The number of thioether (sulfide) groups is 1. The van der Waals surface area contributed by atoms with Crippen LogP contribution in [0.25, 0.3) is 11.4 Å². The third kappa shape index (κ3) is 5.03. The first-order chi connectivity index (χ1) is 14.3. The number of rotatable bonds is 8. The molecule has 0 unspecified atom stereocenters. The van der Waals surface area contributed by atoms with E-state index in [0.717, 1.165) is 33.6 Å². The van der Waals surface area contributed by atoms with E-state index in [1.807, 2.05) is 48.5 Å². The zero-order valence-electron chi connectivity index (χ0n) is 15.7. The highest BCUT2D eigenvalue weighted by molar-refractivity contribution is 7.99. The first kappa shape index (κ1) is 19.2. The quantitative estimate of drug-likeness (QED) is 0.294. The average Bonchev–Trinajstić information content (AvgIpc) is 3.15. The number of ether oxygens (including phenoxy) is 1. The fraction of sp³-hybridized carbons (Fsp3) is 0.130. The summed E-state index contributed by atoms with van der Waals surface area (Å²) in [6.07, 6.45) is 0. The van der Waals surface area contributed by atoms with Crippen LogP contribution in [0.15, 0.2) is 90.1 Å². The van der Waals surface area contributed by atoms with E-state index in [4.69, 9.17) is 4.74 Å². The molecule has 0 atom stereocenters. The van der Waals surface area contributed by atoms with Gasteiger partial charge in [-0.05, 0) is 42.0 Å². The van der Waals surface area contributed by atoms with Gasteiger partial charge in [0.25, 0.3) is 0 Å². The molecule has 0 bridgehead atoms. The van der Waals surface area contributed by atoms with Gasteiger partial charge in [0.2, 0.25) is 0 Å². The maximum absolute atomic E-state index is 13.3. The third-order valence-electron chi connectivity index (χ3n) is 4.33. The lowest BCUT2D eigenvalue weighted by atomic mass is 10.2. The molecule has 0 N–H and O–H groups in total. The molecule has 0 radical (unpaired) electrons. The van der Waals surface area contributed by atoms with Crippen LogP contribution < -0.4 is 4.74 Å². The van der Waals surface area contributed by atoms with Crippen LogP contribution in [-0.2, 0) is 6.54 Å². The molecular formula is C23H20FN3OS. The molecule has 0 fully saturated rings. The zero-order valence-corrected chi connectivity index (χ0v) is 16.6. The maximum Gasteiger partial charge on any atom is 0.191 e. The fourth-order valence-corrected chi connectivity index (χ4v) is 3.68. The van der Waals surface area contributed by atoms with E-state index in [-0.39, 0.29) is 5.82 Å². The molecule has 0 spiro atoms. The Hall–Kier alpha value is -3.12. The highest BCUT2D eigenvalue weighted by atomic mass is 32.2. The lowest BCUT2D eigenvalue weighted by Gasteiger charge is -2.11. The van der Waals surface area contributed by atoms with Gasteiger partial charge in [-0.25, -0.2) is 4.39 Å². The first-order valence-electron chi connectivity index (χ1n) is 9.33. The van der Waals surface area contributed by atoms with Crippen LogP contribution in [-0.4, -0.2) is 27.1 Å². The summed E-state index contributed by atoms with van der Waals surface area (Å²) in [7, 11) is 0. The van der Waals surface area contributed by atoms with E-state index < -0.39 is 0 Å². The number of hydrogen-bond donors (Lipinski definition) is 0. The van der Waals surface area contributed by atoms with Crippen molar-refractivity contribution in [2.75, 3.05) is 12.4 Å². The van der Waals surface area contributed by atoms with Gasteiger partial charge in [0.1, 0.15) is 11.6 Å². The predicted molar refractivity (Wildman–Crippen MR) is 114 cm³/mol. The molecule has 0 saturated heterocycles. The molecule has 146 valence electrons. The van der Waals surface area contributed by atoms with Crippen molar-refractivity contribution >= 4 is 11.8 Å². The van der Waals surface area contributed by atoms with Crippen molar-refractivity contribution in [3.05, 3.63) is 96.3 Å². The number of nitrogens with zero attached hydrogens (tertiary/aromatic N) is 3. The van der Waals surface area contributed by atoms with Crippen LogP contribution in [0.5, 0.6) is 5.75 Å². The van der Waals surface area contributed by atoms with Gasteiger partial charge in [-0.15, -0.1) is 10.2 Å². The molecule has 4 nitrogen and oxygen atoms in total. The average molecular weight is 405 g/mol. The lowest BCUT2D eigenvalue weighted by Crippen LogP contribution is -2.06.